The van der Waals surface area contributed by atoms with Crippen LogP contribution in [0.1, 0.15) is 11.1 Å². The van der Waals surface area contributed by atoms with Gasteiger partial charge in [-0.3, -0.25) is 0 Å². The summed E-state index contributed by atoms with van der Waals surface area (Å²) in [4.78, 5) is 1.36. The lowest BCUT2D eigenvalue weighted by Gasteiger charge is -2.03. The zero-order valence-corrected chi connectivity index (χ0v) is 8.69. The molecule has 0 spiro atoms. The van der Waals surface area contributed by atoms with Crippen molar-refractivity contribution in [3.63, 3.8) is 0 Å². The molecule has 0 saturated heterocycles. The van der Waals surface area contributed by atoms with E-state index in [4.69, 9.17) is 0 Å². The van der Waals surface area contributed by atoms with Crippen LogP contribution in [0.5, 0.6) is 0 Å². The first-order valence-corrected chi connectivity index (χ1v) is 5.26. The molecule has 0 nitrogen and oxygen atoms in total. The van der Waals surface area contributed by atoms with E-state index in [2.05, 4.69) is 49.6 Å². The van der Waals surface area contributed by atoms with Crippen molar-refractivity contribution >= 4 is 11.3 Å². The van der Waals surface area contributed by atoms with Gasteiger partial charge in [0.15, 0.2) is 0 Å². The van der Waals surface area contributed by atoms with Crippen molar-refractivity contribution in [2.75, 3.05) is 0 Å². The third-order valence-electron chi connectivity index (χ3n) is 2.18. The minimum Gasteiger partial charge on any atom is -0.144 e. The lowest BCUT2D eigenvalue weighted by Crippen LogP contribution is -1.81. The first kappa shape index (κ1) is 8.52. The molecular weight excluding hydrogens is 176 g/mol. The van der Waals surface area contributed by atoms with Crippen molar-refractivity contribution in [3.05, 3.63) is 46.8 Å². The van der Waals surface area contributed by atoms with Gasteiger partial charge in [0.2, 0.25) is 0 Å². The van der Waals surface area contributed by atoms with Crippen LogP contribution in [-0.4, -0.2) is 0 Å². The lowest BCUT2D eigenvalue weighted by molar-refractivity contribution is 1.40. The number of aryl methyl sites for hydroxylation is 2. The Kier molecular flexibility index (Phi) is 2.19. The minimum atomic E-state index is 1.33. The summed E-state index contributed by atoms with van der Waals surface area (Å²) >= 11 is 1.80. The summed E-state index contributed by atoms with van der Waals surface area (Å²) in [5.41, 5.74) is 4.05. The van der Waals surface area contributed by atoms with Crippen molar-refractivity contribution in [2.45, 2.75) is 13.8 Å². The Morgan fingerprint density at radius 1 is 1.08 bits per heavy atom. The predicted molar refractivity (Wildman–Crippen MR) is 59.2 cm³/mol. The molecule has 0 aliphatic rings. The Morgan fingerprint density at radius 3 is 2.62 bits per heavy atom. The highest BCUT2D eigenvalue weighted by molar-refractivity contribution is 7.13. The molecule has 13 heavy (non-hydrogen) atoms. The van der Waals surface area contributed by atoms with Crippen LogP contribution in [-0.2, 0) is 0 Å². The van der Waals surface area contributed by atoms with E-state index in [1.165, 1.54) is 21.6 Å². The summed E-state index contributed by atoms with van der Waals surface area (Å²) in [5, 5.41) is 2.12. The van der Waals surface area contributed by atoms with Gasteiger partial charge in [0.05, 0.1) is 0 Å². The fourth-order valence-corrected chi connectivity index (χ4v) is 2.24. The van der Waals surface area contributed by atoms with Crippen LogP contribution in [0.3, 0.4) is 0 Å². The van der Waals surface area contributed by atoms with E-state index in [-0.39, 0.29) is 0 Å². The van der Waals surface area contributed by atoms with Gasteiger partial charge in [-0.15, -0.1) is 11.3 Å². The van der Waals surface area contributed by atoms with E-state index >= 15 is 0 Å². The SMILES string of the molecule is Cc1ccc(C)c(-c2cccs2)c1. The Morgan fingerprint density at radius 2 is 1.92 bits per heavy atom. The first-order valence-electron chi connectivity index (χ1n) is 4.38. The Labute approximate surface area is 82.9 Å². The molecule has 1 aromatic carbocycles. The monoisotopic (exact) mass is 188 g/mol. The maximum absolute atomic E-state index is 2.25. The van der Waals surface area contributed by atoms with Crippen LogP contribution < -0.4 is 0 Å². The molecule has 0 aliphatic heterocycles. The van der Waals surface area contributed by atoms with Gasteiger partial charge < -0.3 is 0 Å². The van der Waals surface area contributed by atoms with Gasteiger partial charge in [0, 0.05) is 4.88 Å². The molecule has 0 saturated carbocycles. The smallest absolute Gasteiger partial charge is 0.0345 e. The topological polar surface area (TPSA) is 0 Å². The quantitative estimate of drug-likeness (QED) is 0.633. The van der Waals surface area contributed by atoms with Gasteiger partial charge in [-0.2, -0.15) is 0 Å². The molecule has 0 fully saturated rings. The second kappa shape index (κ2) is 3.35. The molecule has 0 amide bonds. The van der Waals surface area contributed by atoms with E-state index in [1.807, 2.05) is 0 Å². The van der Waals surface area contributed by atoms with E-state index in [9.17, 15) is 0 Å². The van der Waals surface area contributed by atoms with Crippen LogP contribution in [0.25, 0.3) is 10.4 Å². The third-order valence-corrected chi connectivity index (χ3v) is 3.08. The van der Waals surface area contributed by atoms with Crippen molar-refractivity contribution < 1.29 is 0 Å². The molecule has 2 rings (SSSR count). The number of rotatable bonds is 1. The van der Waals surface area contributed by atoms with E-state index in [1.54, 1.807) is 11.3 Å². The second-order valence-corrected chi connectivity index (χ2v) is 4.24. The summed E-state index contributed by atoms with van der Waals surface area (Å²) in [6.45, 7) is 4.30. The summed E-state index contributed by atoms with van der Waals surface area (Å²) in [6, 6.07) is 10.9. The largest absolute Gasteiger partial charge is 0.144 e. The minimum absolute atomic E-state index is 1.33. The van der Waals surface area contributed by atoms with Gasteiger partial charge in [0.25, 0.3) is 0 Å². The van der Waals surface area contributed by atoms with Crippen molar-refractivity contribution in [2.24, 2.45) is 0 Å². The number of hydrogen-bond donors (Lipinski definition) is 0. The molecule has 0 unspecified atom stereocenters. The van der Waals surface area contributed by atoms with Crippen molar-refractivity contribution in [3.8, 4) is 10.4 Å². The standard InChI is InChI=1S/C12H12S/c1-9-5-6-10(2)11(8-9)12-4-3-7-13-12/h3-8H,1-2H3. The van der Waals surface area contributed by atoms with Gasteiger partial charge in [0.1, 0.15) is 0 Å². The zero-order valence-electron chi connectivity index (χ0n) is 7.87. The molecule has 1 heteroatoms. The maximum Gasteiger partial charge on any atom is 0.0345 e. The Hall–Kier alpha value is -1.08. The van der Waals surface area contributed by atoms with Crippen LogP contribution in [0.15, 0.2) is 35.7 Å². The number of benzene rings is 1. The molecule has 2 aromatic rings. The number of thiophene rings is 1. The predicted octanol–water partition coefficient (Wildman–Crippen LogP) is 4.03. The second-order valence-electron chi connectivity index (χ2n) is 3.30. The van der Waals surface area contributed by atoms with Crippen molar-refractivity contribution in [1.82, 2.24) is 0 Å². The molecule has 66 valence electrons. The number of hydrogen-bond acceptors (Lipinski definition) is 1. The highest BCUT2D eigenvalue weighted by Gasteiger charge is 2.01. The molecule has 1 aromatic heterocycles. The van der Waals surface area contributed by atoms with E-state index in [0.29, 0.717) is 0 Å². The van der Waals surface area contributed by atoms with Crippen LogP contribution >= 0.6 is 11.3 Å². The average Bonchev–Trinajstić information content (AvgIpc) is 2.61. The summed E-state index contributed by atoms with van der Waals surface area (Å²) < 4.78 is 0. The summed E-state index contributed by atoms with van der Waals surface area (Å²) in [7, 11) is 0. The van der Waals surface area contributed by atoms with Crippen LogP contribution in [0.2, 0.25) is 0 Å². The van der Waals surface area contributed by atoms with Gasteiger partial charge in [-0.25, -0.2) is 0 Å². The van der Waals surface area contributed by atoms with E-state index < -0.39 is 0 Å². The van der Waals surface area contributed by atoms with Gasteiger partial charge in [-0.1, -0.05) is 29.8 Å². The first-order chi connectivity index (χ1) is 6.27. The highest BCUT2D eigenvalue weighted by Crippen LogP contribution is 2.28. The molecule has 0 bridgehead atoms. The third kappa shape index (κ3) is 1.65. The fourth-order valence-electron chi connectivity index (χ4n) is 1.43. The Bertz CT molecular complexity index is 399. The highest BCUT2D eigenvalue weighted by atomic mass is 32.1. The molecule has 0 atom stereocenters. The molecule has 1 heterocycles. The Balaban J connectivity index is 2.57. The van der Waals surface area contributed by atoms with Gasteiger partial charge >= 0.3 is 0 Å². The zero-order chi connectivity index (χ0) is 9.26. The molecule has 0 radical (unpaired) electrons. The molecule has 0 N–H and O–H groups in total. The van der Waals surface area contributed by atoms with Crippen LogP contribution in [0, 0.1) is 13.8 Å². The lowest BCUT2D eigenvalue weighted by atomic mass is 10.0. The van der Waals surface area contributed by atoms with Crippen molar-refractivity contribution in [1.29, 1.82) is 0 Å². The van der Waals surface area contributed by atoms with E-state index in [0.717, 1.165) is 0 Å². The molecular formula is C12H12S. The average molecular weight is 188 g/mol. The molecule has 0 aliphatic carbocycles. The fraction of sp³-hybridized carbons (Fsp3) is 0.167. The van der Waals surface area contributed by atoms with Gasteiger partial charge in [-0.05, 0) is 36.4 Å². The summed E-state index contributed by atoms with van der Waals surface area (Å²) in [5.74, 6) is 0. The summed E-state index contributed by atoms with van der Waals surface area (Å²) in [6.07, 6.45) is 0. The van der Waals surface area contributed by atoms with Crippen LogP contribution in [0.4, 0.5) is 0 Å². The maximum atomic E-state index is 2.25. The normalized spacial score (nSPS) is 10.3.